The van der Waals surface area contributed by atoms with Crippen LogP contribution in [0, 0.1) is 20.8 Å². The zero-order chi connectivity index (χ0) is 22.7. The van der Waals surface area contributed by atoms with Gasteiger partial charge in [0.25, 0.3) is 0 Å². The molecular formula is C26H30O5. The molecule has 2 heterocycles. The lowest BCUT2D eigenvalue weighted by molar-refractivity contribution is 0.0404. The molecule has 0 amide bonds. The number of phenols is 2. The lowest BCUT2D eigenvalue weighted by Gasteiger charge is -2.36. The summed E-state index contributed by atoms with van der Waals surface area (Å²) >= 11 is 0. The molecule has 0 radical (unpaired) electrons. The maximum absolute atomic E-state index is 12.1. The topological polar surface area (TPSA) is 79.9 Å². The van der Waals surface area contributed by atoms with E-state index in [4.69, 9.17) is 9.15 Å². The summed E-state index contributed by atoms with van der Waals surface area (Å²) in [7, 11) is 0. The van der Waals surface area contributed by atoms with Crippen molar-refractivity contribution >= 4 is 16.8 Å². The first-order valence-electron chi connectivity index (χ1n) is 10.9. The van der Waals surface area contributed by atoms with Crippen LogP contribution in [0.2, 0.25) is 0 Å². The fraction of sp³-hybridized carbons (Fsp3) is 0.423. The number of benzene rings is 2. The number of phenolic OH excluding ortho intramolecular Hbond substituents is 2. The second-order valence-electron chi connectivity index (χ2n) is 8.95. The molecule has 1 aliphatic heterocycles. The van der Waals surface area contributed by atoms with Gasteiger partial charge in [0.1, 0.15) is 28.6 Å². The van der Waals surface area contributed by atoms with Crippen LogP contribution in [0.25, 0.3) is 11.0 Å². The molecule has 2 aromatic carbocycles. The summed E-state index contributed by atoms with van der Waals surface area (Å²) in [5.74, 6) is 1.66. The van der Waals surface area contributed by atoms with E-state index in [0.29, 0.717) is 41.1 Å². The number of aromatic hydroxyl groups is 2. The third-order valence-corrected chi connectivity index (χ3v) is 6.80. The van der Waals surface area contributed by atoms with Crippen LogP contribution in [0.1, 0.15) is 77.5 Å². The average molecular weight is 423 g/mol. The number of carbonyl (C=O) groups excluding carboxylic acids is 1. The highest BCUT2D eigenvalue weighted by atomic mass is 16.5. The molecule has 1 aliphatic rings. The molecule has 1 unspecified atom stereocenters. The van der Waals surface area contributed by atoms with Crippen molar-refractivity contribution in [3.63, 3.8) is 0 Å². The second-order valence-corrected chi connectivity index (χ2v) is 8.95. The molecule has 1 atom stereocenters. The van der Waals surface area contributed by atoms with E-state index in [9.17, 15) is 15.0 Å². The highest BCUT2D eigenvalue weighted by Crippen LogP contribution is 2.47. The molecule has 0 bridgehead atoms. The van der Waals surface area contributed by atoms with Crippen molar-refractivity contribution in [3.05, 3.63) is 51.3 Å². The van der Waals surface area contributed by atoms with E-state index >= 15 is 0 Å². The van der Waals surface area contributed by atoms with Gasteiger partial charge in [-0.3, -0.25) is 4.79 Å². The van der Waals surface area contributed by atoms with Gasteiger partial charge in [-0.1, -0.05) is 13.3 Å². The molecule has 1 aromatic heterocycles. The number of ether oxygens (including phenoxy) is 1. The van der Waals surface area contributed by atoms with E-state index < -0.39 is 5.60 Å². The van der Waals surface area contributed by atoms with Crippen LogP contribution in [0.5, 0.6) is 17.2 Å². The minimum absolute atomic E-state index is 0.0142. The largest absolute Gasteiger partial charge is 0.507 e. The molecule has 0 aliphatic carbocycles. The SMILES string of the molecule is CCCc1c(O)c(C(C)=O)cc2cc(C3(C)CCc4c(C)c(O)c(C)c(C)c4O3)oc12. The van der Waals surface area contributed by atoms with E-state index in [1.807, 2.05) is 40.7 Å². The van der Waals surface area contributed by atoms with Gasteiger partial charge in [-0.05, 0) is 82.7 Å². The van der Waals surface area contributed by atoms with Crippen molar-refractivity contribution in [1.29, 1.82) is 0 Å². The summed E-state index contributed by atoms with van der Waals surface area (Å²) in [4.78, 5) is 12.1. The molecule has 0 fully saturated rings. The number of aryl methyl sites for hydroxylation is 1. The van der Waals surface area contributed by atoms with Crippen LogP contribution in [0.4, 0.5) is 0 Å². The Balaban J connectivity index is 1.86. The van der Waals surface area contributed by atoms with Gasteiger partial charge >= 0.3 is 0 Å². The Morgan fingerprint density at radius 3 is 2.45 bits per heavy atom. The number of ketones is 1. The van der Waals surface area contributed by atoms with Gasteiger partial charge in [-0.2, -0.15) is 0 Å². The van der Waals surface area contributed by atoms with Crippen LogP contribution in [0.3, 0.4) is 0 Å². The first-order valence-corrected chi connectivity index (χ1v) is 10.9. The molecule has 0 spiro atoms. The van der Waals surface area contributed by atoms with Crippen molar-refractivity contribution in [2.45, 2.75) is 72.8 Å². The van der Waals surface area contributed by atoms with Crippen LogP contribution in [-0.4, -0.2) is 16.0 Å². The van der Waals surface area contributed by atoms with E-state index in [0.717, 1.165) is 46.2 Å². The zero-order valence-electron chi connectivity index (χ0n) is 19.1. The minimum Gasteiger partial charge on any atom is -0.507 e. The molecule has 164 valence electrons. The van der Waals surface area contributed by atoms with E-state index in [-0.39, 0.29) is 11.5 Å². The number of furan rings is 1. The van der Waals surface area contributed by atoms with Gasteiger partial charge in [0.2, 0.25) is 0 Å². The van der Waals surface area contributed by atoms with E-state index in [1.165, 1.54) is 6.92 Å². The number of carbonyl (C=O) groups is 1. The fourth-order valence-corrected chi connectivity index (χ4v) is 4.67. The van der Waals surface area contributed by atoms with Crippen LogP contribution < -0.4 is 4.74 Å². The molecule has 3 aromatic rings. The molecular weight excluding hydrogens is 392 g/mol. The monoisotopic (exact) mass is 422 g/mol. The number of rotatable bonds is 4. The summed E-state index contributed by atoms with van der Waals surface area (Å²) in [5, 5.41) is 21.9. The Kier molecular flexibility index (Phi) is 5.03. The maximum Gasteiger partial charge on any atom is 0.164 e. The summed E-state index contributed by atoms with van der Waals surface area (Å²) in [6.07, 6.45) is 2.89. The Hall–Kier alpha value is -2.95. The predicted molar refractivity (Wildman–Crippen MR) is 120 cm³/mol. The third-order valence-electron chi connectivity index (χ3n) is 6.80. The van der Waals surface area contributed by atoms with Crippen LogP contribution >= 0.6 is 0 Å². The van der Waals surface area contributed by atoms with Crippen molar-refractivity contribution in [2.75, 3.05) is 0 Å². The van der Waals surface area contributed by atoms with Gasteiger partial charge in [0.15, 0.2) is 11.4 Å². The maximum atomic E-state index is 12.1. The Morgan fingerprint density at radius 2 is 1.81 bits per heavy atom. The van der Waals surface area contributed by atoms with Crippen LogP contribution in [-0.2, 0) is 18.4 Å². The Labute approximate surface area is 182 Å². The summed E-state index contributed by atoms with van der Waals surface area (Å²) < 4.78 is 12.9. The molecule has 31 heavy (non-hydrogen) atoms. The van der Waals surface area contributed by atoms with Crippen LogP contribution in [0.15, 0.2) is 16.5 Å². The second kappa shape index (κ2) is 7.33. The smallest absolute Gasteiger partial charge is 0.164 e. The lowest BCUT2D eigenvalue weighted by Crippen LogP contribution is -2.34. The number of fused-ring (bicyclic) bond motifs is 2. The summed E-state index contributed by atoms with van der Waals surface area (Å²) in [6.45, 7) is 11.3. The normalized spacial score (nSPS) is 18.1. The number of Topliss-reactive ketones (excluding diaryl/α,β-unsaturated/α-hetero) is 1. The van der Waals surface area contributed by atoms with Crippen molar-refractivity contribution < 1.29 is 24.2 Å². The predicted octanol–water partition coefficient (Wildman–Crippen LogP) is 6.16. The lowest BCUT2D eigenvalue weighted by atomic mass is 9.86. The standard InChI is InChI=1S/C26H30O5/c1-7-8-19-23(29)20(16(5)27)11-17-12-21(30-25(17)19)26(6)10-9-18-15(4)22(28)13(2)14(3)24(18)31-26/h11-12,28-29H,7-10H2,1-6H3. The van der Waals surface area contributed by atoms with Gasteiger partial charge in [-0.15, -0.1) is 0 Å². The van der Waals surface area contributed by atoms with E-state index in [2.05, 4.69) is 0 Å². The molecule has 2 N–H and O–H groups in total. The van der Waals surface area contributed by atoms with Gasteiger partial charge in [0.05, 0.1) is 5.56 Å². The minimum atomic E-state index is -0.692. The first-order chi connectivity index (χ1) is 14.6. The van der Waals surface area contributed by atoms with Gasteiger partial charge in [0, 0.05) is 16.5 Å². The molecule has 0 saturated heterocycles. The van der Waals surface area contributed by atoms with E-state index in [1.54, 1.807) is 6.07 Å². The number of hydrogen-bond donors (Lipinski definition) is 2. The zero-order valence-corrected chi connectivity index (χ0v) is 19.1. The summed E-state index contributed by atoms with van der Waals surface area (Å²) in [6, 6.07) is 3.64. The van der Waals surface area contributed by atoms with Crippen molar-refractivity contribution in [2.24, 2.45) is 0 Å². The molecule has 0 saturated carbocycles. The van der Waals surface area contributed by atoms with Crippen molar-refractivity contribution in [1.82, 2.24) is 0 Å². The Bertz CT molecular complexity index is 1220. The quantitative estimate of drug-likeness (QED) is 0.492. The Morgan fingerprint density at radius 1 is 1.10 bits per heavy atom. The average Bonchev–Trinajstić information content (AvgIpc) is 3.17. The van der Waals surface area contributed by atoms with Gasteiger partial charge in [-0.25, -0.2) is 0 Å². The molecule has 5 nitrogen and oxygen atoms in total. The molecule has 5 heteroatoms. The van der Waals surface area contributed by atoms with Crippen molar-refractivity contribution in [3.8, 4) is 17.2 Å². The fourth-order valence-electron chi connectivity index (χ4n) is 4.67. The summed E-state index contributed by atoms with van der Waals surface area (Å²) in [5.41, 5.74) is 4.58. The highest BCUT2D eigenvalue weighted by Gasteiger charge is 2.39. The molecule has 4 rings (SSSR count). The van der Waals surface area contributed by atoms with Gasteiger partial charge < -0.3 is 19.4 Å². The number of hydrogen-bond acceptors (Lipinski definition) is 5. The highest BCUT2D eigenvalue weighted by molar-refractivity contribution is 6.02. The first kappa shape index (κ1) is 21.3. The third kappa shape index (κ3) is 3.18.